The van der Waals surface area contributed by atoms with Crippen LogP contribution in [0.5, 0.6) is 0 Å². The van der Waals surface area contributed by atoms with Gasteiger partial charge in [0.15, 0.2) is 0 Å². The van der Waals surface area contributed by atoms with E-state index in [1.165, 1.54) is 0 Å². The monoisotopic (exact) mass is 347 g/mol. The molecule has 5 nitrogen and oxygen atoms in total. The number of carboxylic acid groups (broad SMARTS) is 1. The van der Waals surface area contributed by atoms with E-state index in [0.29, 0.717) is 31.2 Å². The molecular weight excluding hydrogens is 314 g/mol. The predicted octanol–water partition coefficient (Wildman–Crippen LogP) is 3.13. The fourth-order valence-electron chi connectivity index (χ4n) is 2.03. The third-order valence-electron chi connectivity index (χ3n) is 3.25. The lowest BCUT2D eigenvalue weighted by molar-refractivity contribution is -0.145. The van der Waals surface area contributed by atoms with Gasteiger partial charge < -0.3 is 14.7 Å². The van der Waals surface area contributed by atoms with Crippen molar-refractivity contribution >= 4 is 23.7 Å². The number of hydrogen-bond acceptors (Lipinski definition) is 5. The lowest BCUT2D eigenvalue weighted by Crippen LogP contribution is -2.29. The molecule has 0 aliphatic heterocycles. The number of aliphatic carboxylic acids is 1. The largest absolute Gasteiger partial charge is 0.481 e. The second kappa shape index (κ2) is 13.7. The summed E-state index contributed by atoms with van der Waals surface area (Å²) in [7, 11) is 3.79. The van der Waals surface area contributed by atoms with Gasteiger partial charge in [-0.1, -0.05) is 26.7 Å². The molecule has 0 saturated carbocycles. The number of thioether (sulfide) groups is 1. The van der Waals surface area contributed by atoms with Gasteiger partial charge >= 0.3 is 11.9 Å². The highest BCUT2D eigenvalue weighted by atomic mass is 32.2. The summed E-state index contributed by atoms with van der Waals surface area (Å²) in [6, 6.07) is 0. The number of esters is 1. The van der Waals surface area contributed by atoms with Crippen molar-refractivity contribution in [3.63, 3.8) is 0 Å². The summed E-state index contributed by atoms with van der Waals surface area (Å²) in [5, 5.41) is 9.14. The standard InChI is InChI=1S/C17H33NO4S/c1-14(2)12-22-16(19)9-7-5-6-8-10-23-13-15(17(20)21)11-18(3)4/h14-15H,5-13H2,1-4H3,(H,20,21). The average molecular weight is 348 g/mol. The Labute approximate surface area is 145 Å². The summed E-state index contributed by atoms with van der Waals surface area (Å²) in [6.45, 7) is 5.14. The van der Waals surface area contributed by atoms with Gasteiger partial charge in [0.2, 0.25) is 0 Å². The quantitative estimate of drug-likeness (QED) is 0.385. The predicted molar refractivity (Wildman–Crippen MR) is 95.9 cm³/mol. The number of carbonyl (C=O) groups excluding carboxylic acids is 1. The highest BCUT2D eigenvalue weighted by Gasteiger charge is 2.17. The second-order valence-corrected chi connectivity index (χ2v) is 7.76. The van der Waals surface area contributed by atoms with Crippen LogP contribution >= 0.6 is 11.8 Å². The molecule has 0 aliphatic carbocycles. The molecule has 0 aromatic carbocycles. The lowest BCUT2D eigenvalue weighted by Gasteiger charge is -2.16. The molecule has 0 aromatic heterocycles. The number of rotatable bonds is 14. The SMILES string of the molecule is CC(C)COC(=O)CCCCCCSCC(CN(C)C)C(=O)O. The Kier molecular flexibility index (Phi) is 13.2. The van der Waals surface area contributed by atoms with Crippen LogP contribution in [0.2, 0.25) is 0 Å². The number of carboxylic acids is 1. The van der Waals surface area contributed by atoms with Gasteiger partial charge in [0.05, 0.1) is 12.5 Å². The van der Waals surface area contributed by atoms with Gasteiger partial charge in [-0.3, -0.25) is 9.59 Å². The van der Waals surface area contributed by atoms with Crippen LogP contribution in [0.1, 0.15) is 46.0 Å². The molecule has 0 aliphatic rings. The molecule has 1 unspecified atom stereocenters. The molecule has 23 heavy (non-hydrogen) atoms. The van der Waals surface area contributed by atoms with E-state index >= 15 is 0 Å². The van der Waals surface area contributed by atoms with Crippen molar-refractivity contribution in [3.05, 3.63) is 0 Å². The molecule has 1 atom stereocenters. The third kappa shape index (κ3) is 14.6. The van der Waals surface area contributed by atoms with Crippen LogP contribution < -0.4 is 0 Å². The van der Waals surface area contributed by atoms with E-state index in [2.05, 4.69) is 0 Å². The zero-order chi connectivity index (χ0) is 17.7. The normalized spacial score (nSPS) is 12.6. The van der Waals surface area contributed by atoms with Crippen LogP contribution in [-0.4, -0.2) is 60.7 Å². The maximum Gasteiger partial charge on any atom is 0.308 e. The minimum absolute atomic E-state index is 0.0962. The topological polar surface area (TPSA) is 66.8 Å². The Bertz CT molecular complexity index is 335. The van der Waals surface area contributed by atoms with Gasteiger partial charge in [0, 0.05) is 18.7 Å². The maximum atomic E-state index is 11.4. The molecule has 6 heteroatoms. The van der Waals surface area contributed by atoms with Gasteiger partial charge in [0.25, 0.3) is 0 Å². The smallest absolute Gasteiger partial charge is 0.308 e. The number of unbranched alkanes of at least 4 members (excludes halogenated alkanes) is 3. The summed E-state index contributed by atoms with van der Waals surface area (Å²) in [5.74, 6) is 0.917. The first-order valence-electron chi connectivity index (χ1n) is 8.43. The molecule has 1 N–H and O–H groups in total. The molecule has 0 rings (SSSR count). The summed E-state index contributed by atoms with van der Waals surface area (Å²) in [4.78, 5) is 24.5. The van der Waals surface area contributed by atoms with Gasteiger partial charge in [-0.05, 0) is 38.6 Å². The van der Waals surface area contributed by atoms with Crippen molar-refractivity contribution < 1.29 is 19.4 Å². The fraction of sp³-hybridized carbons (Fsp3) is 0.882. The van der Waals surface area contributed by atoms with E-state index in [4.69, 9.17) is 9.84 Å². The van der Waals surface area contributed by atoms with E-state index < -0.39 is 5.97 Å². The van der Waals surface area contributed by atoms with Crippen LogP contribution in [-0.2, 0) is 14.3 Å². The number of hydrogen-bond donors (Lipinski definition) is 1. The minimum Gasteiger partial charge on any atom is -0.481 e. The molecule has 136 valence electrons. The summed E-state index contributed by atoms with van der Waals surface area (Å²) < 4.78 is 5.13. The third-order valence-corrected chi connectivity index (χ3v) is 4.47. The van der Waals surface area contributed by atoms with E-state index in [9.17, 15) is 9.59 Å². The Morgan fingerprint density at radius 1 is 1.13 bits per heavy atom. The molecular formula is C17H33NO4S. The first kappa shape index (κ1) is 22.2. The second-order valence-electron chi connectivity index (χ2n) is 6.61. The zero-order valence-corrected chi connectivity index (χ0v) is 15.9. The van der Waals surface area contributed by atoms with Crippen molar-refractivity contribution in [2.24, 2.45) is 11.8 Å². The molecule has 0 amide bonds. The van der Waals surface area contributed by atoms with Crippen molar-refractivity contribution in [1.29, 1.82) is 0 Å². The van der Waals surface area contributed by atoms with Crippen LogP contribution in [0.4, 0.5) is 0 Å². The Morgan fingerprint density at radius 3 is 2.35 bits per heavy atom. The van der Waals surface area contributed by atoms with Crippen LogP contribution in [0.25, 0.3) is 0 Å². The van der Waals surface area contributed by atoms with Gasteiger partial charge in [0.1, 0.15) is 0 Å². The molecule has 0 bridgehead atoms. The Balaban J connectivity index is 3.51. The summed E-state index contributed by atoms with van der Waals surface area (Å²) in [6.07, 6.45) is 4.55. The van der Waals surface area contributed by atoms with E-state index in [0.717, 1.165) is 31.4 Å². The molecule has 0 spiro atoms. The van der Waals surface area contributed by atoms with Crippen molar-refractivity contribution in [2.45, 2.75) is 46.0 Å². The fourth-order valence-corrected chi connectivity index (χ4v) is 3.13. The Hall–Kier alpha value is -0.750. The van der Waals surface area contributed by atoms with Gasteiger partial charge in [-0.25, -0.2) is 0 Å². The average Bonchev–Trinajstić information content (AvgIpc) is 2.45. The molecule has 0 saturated heterocycles. The lowest BCUT2D eigenvalue weighted by atomic mass is 10.1. The van der Waals surface area contributed by atoms with Crippen molar-refractivity contribution in [1.82, 2.24) is 4.90 Å². The Morgan fingerprint density at radius 2 is 1.78 bits per heavy atom. The van der Waals surface area contributed by atoms with E-state index in [1.807, 2.05) is 32.8 Å². The van der Waals surface area contributed by atoms with Crippen molar-refractivity contribution in [2.75, 3.05) is 38.8 Å². The van der Waals surface area contributed by atoms with Crippen LogP contribution in [0.15, 0.2) is 0 Å². The van der Waals surface area contributed by atoms with Crippen molar-refractivity contribution in [3.8, 4) is 0 Å². The first-order valence-corrected chi connectivity index (χ1v) is 9.59. The van der Waals surface area contributed by atoms with Crippen LogP contribution in [0, 0.1) is 11.8 Å². The molecule has 0 radical (unpaired) electrons. The highest BCUT2D eigenvalue weighted by molar-refractivity contribution is 7.99. The highest BCUT2D eigenvalue weighted by Crippen LogP contribution is 2.14. The zero-order valence-electron chi connectivity index (χ0n) is 15.0. The number of ether oxygens (including phenoxy) is 1. The molecule has 0 aromatic rings. The van der Waals surface area contributed by atoms with Crippen LogP contribution in [0.3, 0.4) is 0 Å². The van der Waals surface area contributed by atoms with E-state index in [1.54, 1.807) is 11.8 Å². The molecule has 0 fully saturated rings. The van der Waals surface area contributed by atoms with Gasteiger partial charge in [-0.2, -0.15) is 11.8 Å². The number of nitrogens with zero attached hydrogens (tertiary/aromatic N) is 1. The first-order chi connectivity index (χ1) is 10.8. The molecule has 0 heterocycles. The summed E-state index contributed by atoms with van der Waals surface area (Å²) >= 11 is 1.71. The van der Waals surface area contributed by atoms with Gasteiger partial charge in [-0.15, -0.1) is 0 Å². The minimum atomic E-state index is -0.717. The number of carbonyl (C=O) groups is 2. The van der Waals surface area contributed by atoms with E-state index in [-0.39, 0.29) is 11.9 Å². The maximum absolute atomic E-state index is 11.4. The summed E-state index contributed by atoms with van der Waals surface area (Å²) in [5.41, 5.74) is 0.